The van der Waals surface area contributed by atoms with Crippen molar-refractivity contribution in [2.45, 2.75) is 45.1 Å². The van der Waals surface area contributed by atoms with Gasteiger partial charge in [0.1, 0.15) is 6.10 Å². The van der Waals surface area contributed by atoms with Crippen molar-refractivity contribution in [1.29, 1.82) is 0 Å². The molecule has 17 heavy (non-hydrogen) atoms. The van der Waals surface area contributed by atoms with Gasteiger partial charge in [-0.25, -0.2) is 4.79 Å². The lowest BCUT2D eigenvalue weighted by atomic mass is 9.98. The predicted molar refractivity (Wildman–Crippen MR) is 73.0 cm³/mol. The fraction of sp³-hybridized carbons (Fsp3) is 0.500. The second-order valence-corrected chi connectivity index (χ2v) is 4.25. The minimum absolute atomic E-state index is 0.156. The molecule has 96 valence electrons. The summed E-state index contributed by atoms with van der Waals surface area (Å²) in [4.78, 5) is 11.1. The topological polar surface area (TPSA) is 26.3 Å². The zero-order valence-electron chi connectivity index (χ0n) is 10.5. The van der Waals surface area contributed by atoms with Crippen LogP contribution in [-0.2, 0) is 9.53 Å². The average molecular weight is 257 g/mol. The second kappa shape index (κ2) is 10.2. The maximum absolute atomic E-state index is 11.1. The minimum Gasteiger partial charge on any atom is -0.459 e. The van der Waals surface area contributed by atoms with E-state index in [2.05, 4.69) is 13.2 Å². The number of esters is 1. The van der Waals surface area contributed by atoms with Gasteiger partial charge in [-0.3, -0.25) is 0 Å². The summed E-state index contributed by atoms with van der Waals surface area (Å²) in [7, 11) is 0. The van der Waals surface area contributed by atoms with Crippen LogP contribution in [0.5, 0.6) is 0 Å². The van der Waals surface area contributed by atoms with E-state index in [1.165, 1.54) is 24.8 Å². The van der Waals surface area contributed by atoms with E-state index in [0.29, 0.717) is 5.57 Å². The molecular weight excluding hydrogens is 236 g/mol. The normalized spacial score (nSPS) is 15.9. The first kappa shape index (κ1) is 16.0. The van der Waals surface area contributed by atoms with E-state index in [1.807, 2.05) is 0 Å². The molecule has 2 nitrogen and oxygen atoms in total. The van der Waals surface area contributed by atoms with Crippen LogP contribution in [-0.4, -0.2) is 12.1 Å². The molecule has 1 aliphatic carbocycles. The van der Waals surface area contributed by atoms with Crippen LogP contribution in [0.4, 0.5) is 0 Å². The number of hydrogen-bond acceptors (Lipinski definition) is 2. The number of ether oxygens (including phenoxy) is 1. The van der Waals surface area contributed by atoms with Crippen LogP contribution in [0.3, 0.4) is 0 Å². The Balaban J connectivity index is 0.000000437. The first-order valence-corrected chi connectivity index (χ1v) is 6.29. The molecule has 0 aromatic carbocycles. The van der Waals surface area contributed by atoms with Gasteiger partial charge >= 0.3 is 5.97 Å². The summed E-state index contributed by atoms with van der Waals surface area (Å²) in [5.41, 5.74) is 1.91. The van der Waals surface area contributed by atoms with E-state index in [-0.39, 0.29) is 12.1 Å². The molecule has 1 saturated carbocycles. The average Bonchev–Trinajstić information content (AvgIpc) is 2.32. The molecule has 0 bridgehead atoms. The molecule has 1 fully saturated rings. The molecule has 0 aromatic rings. The van der Waals surface area contributed by atoms with Gasteiger partial charge in [-0.15, -0.1) is 0 Å². The van der Waals surface area contributed by atoms with Gasteiger partial charge in [0, 0.05) is 11.1 Å². The molecule has 0 aromatic heterocycles. The largest absolute Gasteiger partial charge is 0.459 e. The van der Waals surface area contributed by atoms with Crippen molar-refractivity contribution >= 4 is 17.6 Å². The number of halogens is 1. The van der Waals surface area contributed by atoms with E-state index >= 15 is 0 Å². The van der Waals surface area contributed by atoms with Gasteiger partial charge in [-0.05, 0) is 32.6 Å². The van der Waals surface area contributed by atoms with Gasteiger partial charge in [0.2, 0.25) is 0 Å². The Morgan fingerprint density at radius 2 is 1.94 bits per heavy atom. The molecule has 0 N–H and O–H groups in total. The molecular formula is C14H21ClO2. The van der Waals surface area contributed by atoms with Crippen LogP contribution in [0, 0.1) is 0 Å². The van der Waals surface area contributed by atoms with E-state index in [9.17, 15) is 4.79 Å². The molecule has 0 saturated heterocycles. The lowest BCUT2D eigenvalue weighted by Gasteiger charge is -2.21. The highest BCUT2D eigenvalue weighted by Gasteiger charge is 2.17. The lowest BCUT2D eigenvalue weighted by Crippen LogP contribution is -2.20. The Kier molecular flexibility index (Phi) is 9.55. The van der Waals surface area contributed by atoms with Crippen molar-refractivity contribution in [3.05, 3.63) is 36.4 Å². The Hall–Kier alpha value is -1.02. The van der Waals surface area contributed by atoms with Crippen LogP contribution < -0.4 is 0 Å². The molecule has 0 atom stereocenters. The fourth-order valence-corrected chi connectivity index (χ4v) is 1.59. The maximum Gasteiger partial charge on any atom is 0.333 e. The minimum atomic E-state index is -0.234. The Bertz CT molecular complexity index is 276. The Morgan fingerprint density at radius 1 is 1.35 bits per heavy atom. The van der Waals surface area contributed by atoms with Crippen molar-refractivity contribution in [2.75, 3.05) is 0 Å². The third-order valence-electron chi connectivity index (χ3n) is 2.38. The molecule has 0 aliphatic heterocycles. The number of hydrogen-bond donors (Lipinski definition) is 0. The van der Waals surface area contributed by atoms with Gasteiger partial charge in [0.05, 0.1) is 0 Å². The Labute approximate surface area is 109 Å². The summed E-state index contributed by atoms with van der Waals surface area (Å²) in [5, 5.41) is 0. The van der Waals surface area contributed by atoms with E-state index < -0.39 is 0 Å². The first-order chi connectivity index (χ1) is 8.11. The summed E-state index contributed by atoms with van der Waals surface area (Å²) in [6.45, 7) is 8.61. The van der Waals surface area contributed by atoms with Crippen LogP contribution >= 0.6 is 11.6 Å². The van der Waals surface area contributed by atoms with Gasteiger partial charge in [-0.1, -0.05) is 43.3 Å². The highest BCUT2D eigenvalue weighted by molar-refractivity contribution is 6.25. The number of carbonyl (C=O) groups excluding carboxylic acids is 1. The van der Waals surface area contributed by atoms with Crippen LogP contribution in [0.25, 0.3) is 0 Å². The van der Waals surface area contributed by atoms with Gasteiger partial charge in [0.25, 0.3) is 0 Å². The quantitative estimate of drug-likeness (QED) is 0.426. The van der Waals surface area contributed by atoms with Crippen molar-refractivity contribution in [2.24, 2.45) is 0 Å². The van der Waals surface area contributed by atoms with Crippen molar-refractivity contribution in [1.82, 2.24) is 0 Å². The molecule has 0 amide bonds. The van der Waals surface area contributed by atoms with Crippen LogP contribution in [0.15, 0.2) is 36.4 Å². The molecule has 0 spiro atoms. The van der Waals surface area contributed by atoms with Crippen molar-refractivity contribution < 1.29 is 9.53 Å². The Morgan fingerprint density at radius 3 is 2.29 bits per heavy atom. The molecule has 0 heterocycles. The summed E-state index contributed by atoms with van der Waals surface area (Å²) in [6.07, 6.45) is 9.14. The molecule has 0 unspecified atom stereocenters. The molecule has 1 rings (SSSR count). The van der Waals surface area contributed by atoms with E-state index in [1.54, 1.807) is 19.1 Å². The molecule has 0 radical (unpaired) electrons. The monoisotopic (exact) mass is 256 g/mol. The SMILES string of the molecule is C=C(C)C(=O)OC1CCCCC1.C=CC=CCl. The van der Waals surface area contributed by atoms with E-state index in [4.69, 9.17) is 16.3 Å². The highest BCUT2D eigenvalue weighted by Crippen LogP contribution is 2.20. The summed E-state index contributed by atoms with van der Waals surface area (Å²) in [6, 6.07) is 0. The summed E-state index contributed by atoms with van der Waals surface area (Å²) in [5.74, 6) is -0.234. The molecule has 3 heteroatoms. The zero-order chi connectivity index (χ0) is 13.1. The third-order valence-corrected chi connectivity index (χ3v) is 2.53. The molecule has 1 aliphatic rings. The second-order valence-electron chi connectivity index (χ2n) is 4.00. The predicted octanol–water partition coefficient (Wildman–Crippen LogP) is 4.36. The first-order valence-electron chi connectivity index (χ1n) is 5.86. The standard InChI is InChI=1S/C10H16O2.C4H5Cl/c1-8(2)10(11)12-9-6-4-3-5-7-9;1-2-3-4-5/h9H,1,3-7H2,2H3;2-4H,1H2. The zero-order valence-corrected chi connectivity index (χ0v) is 11.2. The van der Waals surface area contributed by atoms with Crippen LogP contribution in [0.1, 0.15) is 39.0 Å². The van der Waals surface area contributed by atoms with Crippen LogP contribution in [0.2, 0.25) is 0 Å². The number of carbonyl (C=O) groups is 1. The summed E-state index contributed by atoms with van der Waals surface area (Å²) >= 11 is 5.05. The van der Waals surface area contributed by atoms with Crippen molar-refractivity contribution in [3.8, 4) is 0 Å². The lowest BCUT2D eigenvalue weighted by molar-refractivity contribution is -0.145. The van der Waals surface area contributed by atoms with Gasteiger partial charge in [0.15, 0.2) is 0 Å². The van der Waals surface area contributed by atoms with E-state index in [0.717, 1.165) is 12.8 Å². The number of rotatable bonds is 3. The van der Waals surface area contributed by atoms with Gasteiger partial charge in [-0.2, -0.15) is 0 Å². The number of allylic oxidation sites excluding steroid dienone is 2. The summed E-state index contributed by atoms with van der Waals surface area (Å²) < 4.78 is 5.21. The highest BCUT2D eigenvalue weighted by atomic mass is 35.5. The van der Waals surface area contributed by atoms with Gasteiger partial charge < -0.3 is 4.74 Å². The third kappa shape index (κ3) is 8.75. The maximum atomic E-state index is 11.1. The van der Waals surface area contributed by atoms with Crippen molar-refractivity contribution in [3.63, 3.8) is 0 Å². The fourth-order valence-electron chi connectivity index (χ4n) is 1.49. The smallest absolute Gasteiger partial charge is 0.333 e.